The molecule has 5 heteroatoms. The molecule has 11 rings (SSSR count). The van der Waals surface area contributed by atoms with E-state index in [9.17, 15) is 0 Å². The van der Waals surface area contributed by atoms with Crippen LogP contribution in [-0.2, 0) is 0 Å². The highest BCUT2D eigenvalue weighted by Gasteiger charge is 2.18. The molecule has 9 aromatic carbocycles. The van der Waals surface area contributed by atoms with Crippen molar-refractivity contribution in [1.29, 1.82) is 0 Å². The van der Waals surface area contributed by atoms with Crippen LogP contribution in [0.2, 0.25) is 0 Å². The number of aromatic nitrogens is 3. The van der Waals surface area contributed by atoms with Crippen LogP contribution in [0.1, 0.15) is 0 Å². The molecule has 60 heavy (non-hydrogen) atoms. The lowest BCUT2D eigenvalue weighted by Gasteiger charge is -2.25. The summed E-state index contributed by atoms with van der Waals surface area (Å²) in [6.07, 6.45) is 0. The van der Waals surface area contributed by atoms with Gasteiger partial charge < -0.3 is 9.32 Å². The molecule has 5 nitrogen and oxygen atoms in total. The fraction of sp³-hybridized carbons (Fsp3) is 0. The number of benzene rings is 9. The topological polar surface area (TPSA) is 55.1 Å². The highest BCUT2D eigenvalue weighted by atomic mass is 16.3. The summed E-state index contributed by atoms with van der Waals surface area (Å²) in [5, 5.41) is 4.26. The minimum Gasteiger partial charge on any atom is -0.456 e. The van der Waals surface area contributed by atoms with Crippen LogP contribution in [0.3, 0.4) is 0 Å². The molecule has 0 bridgehead atoms. The van der Waals surface area contributed by atoms with Gasteiger partial charge in [0.25, 0.3) is 0 Å². The number of anilines is 3. The van der Waals surface area contributed by atoms with Crippen molar-refractivity contribution >= 4 is 49.8 Å². The zero-order chi connectivity index (χ0) is 39.8. The second kappa shape index (κ2) is 15.0. The minimum absolute atomic E-state index is 0.576. The van der Waals surface area contributed by atoms with Gasteiger partial charge in [-0.1, -0.05) is 164 Å². The Kier molecular flexibility index (Phi) is 8.75. The molecule has 0 radical (unpaired) electrons. The Bertz CT molecular complexity index is 3290. The van der Waals surface area contributed by atoms with Crippen LogP contribution in [0, 0.1) is 0 Å². The third-order valence-corrected chi connectivity index (χ3v) is 11.1. The molecule has 0 fully saturated rings. The second-order valence-electron chi connectivity index (χ2n) is 14.9. The number of hydrogen-bond donors (Lipinski definition) is 0. The zero-order valence-corrected chi connectivity index (χ0v) is 32.5. The van der Waals surface area contributed by atoms with Crippen molar-refractivity contribution in [2.45, 2.75) is 0 Å². The Labute approximate surface area is 347 Å². The molecule has 0 atom stereocenters. The average molecular weight is 769 g/mol. The van der Waals surface area contributed by atoms with E-state index in [0.717, 1.165) is 77.6 Å². The van der Waals surface area contributed by atoms with E-state index in [-0.39, 0.29) is 0 Å². The molecule has 0 amide bonds. The Balaban J connectivity index is 1.00. The molecule has 2 heterocycles. The van der Waals surface area contributed by atoms with E-state index in [4.69, 9.17) is 19.4 Å². The summed E-state index contributed by atoms with van der Waals surface area (Å²) in [5.41, 5.74) is 12.1. The standard InChI is InChI=1S/C55H36N4O/c1-4-13-37(14-5-1)39-23-25-42(26-24-39)53-56-54(58-55(57-53)49-22-12-18-41-17-10-11-21-47(41)49)43-29-33-48-50-36-46(32-34-51(50)60-52(48)35-43)59(44-19-8-3-9-20-44)45-30-27-40(28-31-45)38-15-6-2-7-16-38/h1-36H. The van der Waals surface area contributed by atoms with Crippen LogP contribution in [0.4, 0.5) is 17.1 Å². The predicted octanol–water partition coefficient (Wildman–Crippen LogP) is 14.7. The lowest BCUT2D eigenvalue weighted by molar-refractivity contribution is 0.669. The first-order valence-corrected chi connectivity index (χ1v) is 20.1. The Hall–Kier alpha value is -8.15. The van der Waals surface area contributed by atoms with Crippen molar-refractivity contribution in [3.8, 4) is 56.4 Å². The van der Waals surface area contributed by atoms with Gasteiger partial charge in [0.05, 0.1) is 0 Å². The maximum Gasteiger partial charge on any atom is 0.164 e. The molecule has 11 aromatic rings. The monoisotopic (exact) mass is 768 g/mol. The van der Waals surface area contributed by atoms with Gasteiger partial charge in [0.1, 0.15) is 11.2 Å². The van der Waals surface area contributed by atoms with Crippen molar-refractivity contribution in [3.63, 3.8) is 0 Å². The van der Waals surface area contributed by atoms with Gasteiger partial charge in [0.15, 0.2) is 17.5 Å². The predicted molar refractivity (Wildman–Crippen MR) is 246 cm³/mol. The van der Waals surface area contributed by atoms with Gasteiger partial charge in [-0.25, -0.2) is 15.0 Å². The summed E-state index contributed by atoms with van der Waals surface area (Å²) in [6.45, 7) is 0. The fourth-order valence-electron chi connectivity index (χ4n) is 8.12. The summed E-state index contributed by atoms with van der Waals surface area (Å²) >= 11 is 0. The van der Waals surface area contributed by atoms with E-state index in [0.29, 0.717) is 17.5 Å². The Morgan fingerprint density at radius 2 is 0.817 bits per heavy atom. The summed E-state index contributed by atoms with van der Waals surface area (Å²) in [7, 11) is 0. The van der Waals surface area contributed by atoms with Crippen LogP contribution >= 0.6 is 0 Å². The van der Waals surface area contributed by atoms with Crippen molar-refractivity contribution in [3.05, 3.63) is 218 Å². The molecule has 0 unspecified atom stereocenters. The molecular weight excluding hydrogens is 733 g/mol. The van der Waals surface area contributed by atoms with E-state index in [2.05, 4.69) is 205 Å². The molecule has 0 saturated heterocycles. The Morgan fingerprint density at radius 1 is 0.300 bits per heavy atom. The first-order chi connectivity index (χ1) is 29.7. The van der Waals surface area contributed by atoms with Gasteiger partial charge in [0, 0.05) is 44.5 Å². The summed E-state index contributed by atoms with van der Waals surface area (Å²) in [6, 6.07) is 75.8. The zero-order valence-electron chi connectivity index (χ0n) is 32.5. The molecule has 0 N–H and O–H groups in total. The largest absolute Gasteiger partial charge is 0.456 e. The summed E-state index contributed by atoms with van der Waals surface area (Å²) < 4.78 is 6.58. The van der Waals surface area contributed by atoms with Crippen LogP contribution in [0.25, 0.3) is 89.1 Å². The van der Waals surface area contributed by atoms with Gasteiger partial charge in [-0.2, -0.15) is 0 Å². The van der Waals surface area contributed by atoms with E-state index in [1.54, 1.807) is 0 Å². The van der Waals surface area contributed by atoms with Gasteiger partial charge >= 0.3 is 0 Å². The van der Waals surface area contributed by atoms with Gasteiger partial charge in [0.2, 0.25) is 0 Å². The van der Waals surface area contributed by atoms with E-state index in [1.165, 1.54) is 11.1 Å². The SMILES string of the molecule is c1ccc(-c2ccc(-c3nc(-c4ccc5c(c4)oc4ccc(N(c6ccccc6)c6ccc(-c7ccccc7)cc6)cc45)nc(-c4cccc5ccccc45)n3)cc2)cc1. The smallest absolute Gasteiger partial charge is 0.164 e. The second-order valence-corrected chi connectivity index (χ2v) is 14.9. The van der Waals surface area contributed by atoms with Crippen molar-refractivity contribution in [2.24, 2.45) is 0 Å². The van der Waals surface area contributed by atoms with E-state index >= 15 is 0 Å². The third kappa shape index (κ3) is 6.54. The van der Waals surface area contributed by atoms with Crippen LogP contribution in [0.15, 0.2) is 223 Å². The van der Waals surface area contributed by atoms with Crippen molar-refractivity contribution in [1.82, 2.24) is 15.0 Å². The number of furan rings is 1. The summed E-state index contributed by atoms with van der Waals surface area (Å²) in [4.78, 5) is 17.6. The number of nitrogens with zero attached hydrogens (tertiary/aromatic N) is 4. The van der Waals surface area contributed by atoms with E-state index in [1.807, 2.05) is 18.2 Å². The first kappa shape index (κ1) is 35.0. The maximum absolute atomic E-state index is 6.58. The number of rotatable bonds is 8. The number of hydrogen-bond acceptors (Lipinski definition) is 5. The molecule has 0 aliphatic heterocycles. The highest BCUT2D eigenvalue weighted by molar-refractivity contribution is 6.07. The average Bonchev–Trinajstić information content (AvgIpc) is 3.70. The van der Waals surface area contributed by atoms with Gasteiger partial charge in [-0.05, 0) is 87.6 Å². The molecule has 282 valence electrons. The van der Waals surface area contributed by atoms with E-state index < -0.39 is 0 Å². The van der Waals surface area contributed by atoms with Crippen LogP contribution in [0.5, 0.6) is 0 Å². The molecule has 0 aliphatic rings. The minimum atomic E-state index is 0.576. The lowest BCUT2D eigenvalue weighted by Crippen LogP contribution is -2.09. The van der Waals surface area contributed by atoms with Crippen molar-refractivity contribution in [2.75, 3.05) is 4.90 Å². The molecule has 2 aromatic heterocycles. The quantitative estimate of drug-likeness (QED) is 0.154. The first-order valence-electron chi connectivity index (χ1n) is 20.1. The molecular formula is C55H36N4O. The van der Waals surface area contributed by atoms with Crippen LogP contribution in [-0.4, -0.2) is 15.0 Å². The van der Waals surface area contributed by atoms with Crippen LogP contribution < -0.4 is 4.90 Å². The van der Waals surface area contributed by atoms with Gasteiger partial charge in [-0.15, -0.1) is 0 Å². The van der Waals surface area contributed by atoms with Gasteiger partial charge in [-0.3, -0.25) is 0 Å². The number of fused-ring (bicyclic) bond motifs is 4. The van der Waals surface area contributed by atoms with Crippen molar-refractivity contribution < 1.29 is 4.42 Å². The lowest BCUT2D eigenvalue weighted by atomic mass is 10.0. The fourth-order valence-corrected chi connectivity index (χ4v) is 8.12. The normalized spacial score (nSPS) is 11.3. The molecule has 0 spiro atoms. The molecule has 0 saturated carbocycles. The number of para-hydroxylation sites is 1. The Morgan fingerprint density at radius 3 is 1.53 bits per heavy atom. The third-order valence-electron chi connectivity index (χ3n) is 11.1. The highest BCUT2D eigenvalue weighted by Crippen LogP contribution is 2.40. The molecule has 0 aliphatic carbocycles. The maximum atomic E-state index is 6.58. The summed E-state index contributed by atoms with van der Waals surface area (Å²) in [5.74, 6) is 1.80.